The van der Waals surface area contributed by atoms with Gasteiger partial charge in [0.15, 0.2) is 17.7 Å². The summed E-state index contributed by atoms with van der Waals surface area (Å²) < 4.78 is 21.3. The van der Waals surface area contributed by atoms with Gasteiger partial charge < -0.3 is 39.6 Å². The predicted molar refractivity (Wildman–Crippen MR) is 69.2 cm³/mol. The Balaban J connectivity index is 0.00000156. The van der Waals surface area contributed by atoms with Crippen LogP contribution in [0.4, 0.5) is 5.82 Å². The Labute approximate surface area is 185 Å². The van der Waals surface area contributed by atoms with Crippen molar-refractivity contribution in [1.29, 1.82) is 0 Å². The number of hydrogen-bond donors (Lipinski definition) is 3. The second-order valence-corrected chi connectivity index (χ2v) is 6.02. The Morgan fingerprint density at radius 2 is 1.96 bits per heavy atom. The van der Waals surface area contributed by atoms with Crippen molar-refractivity contribution < 1.29 is 92.9 Å². The van der Waals surface area contributed by atoms with Gasteiger partial charge in [0.1, 0.15) is 30.2 Å². The Morgan fingerprint density at radius 1 is 1.28 bits per heavy atom. The van der Waals surface area contributed by atoms with Gasteiger partial charge in [0.05, 0.1) is 20.8 Å². The van der Waals surface area contributed by atoms with E-state index < -0.39 is 39.0 Å². The fraction of sp³-hybridized carbons (Fsp3) is 0.500. The maximum absolute atomic E-state index is 10.5. The van der Waals surface area contributed by atoms with Crippen molar-refractivity contribution in [1.82, 2.24) is 19.5 Å². The fourth-order valence-electron chi connectivity index (χ4n) is 2.32. The molecule has 0 amide bonds. The van der Waals surface area contributed by atoms with Crippen molar-refractivity contribution in [2.45, 2.75) is 24.5 Å². The molecule has 1 fully saturated rings. The zero-order valence-corrected chi connectivity index (χ0v) is 18.3. The number of ether oxygens (including phenoxy) is 1. The van der Waals surface area contributed by atoms with E-state index in [-0.39, 0.29) is 76.1 Å². The zero-order valence-electron chi connectivity index (χ0n) is 13.4. The third-order valence-corrected chi connectivity index (χ3v) is 3.86. The number of aromatic nitrogens is 4. The summed E-state index contributed by atoms with van der Waals surface area (Å²) in [4.78, 5) is 32.8. The summed E-state index contributed by atoms with van der Waals surface area (Å²) in [6, 6.07) is 0. The van der Waals surface area contributed by atoms with E-state index in [1.165, 1.54) is 17.2 Å². The van der Waals surface area contributed by atoms with Gasteiger partial charge in [-0.25, -0.2) is 15.0 Å². The molecule has 0 aliphatic carbocycles. The molecule has 1 unspecified atom stereocenters. The van der Waals surface area contributed by atoms with Crippen LogP contribution in [-0.4, -0.2) is 54.7 Å². The molecular weight excluding hydrogens is 393 g/mol. The molecule has 2 aromatic rings. The molecule has 4 atom stereocenters. The van der Waals surface area contributed by atoms with E-state index in [4.69, 9.17) is 10.5 Å². The molecule has 0 radical (unpaired) electrons. The van der Waals surface area contributed by atoms with Crippen LogP contribution in [0.25, 0.3) is 11.2 Å². The Hall–Kier alpha value is 0.340. The van der Waals surface area contributed by atoms with Crippen molar-refractivity contribution in [3.05, 3.63) is 12.7 Å². The first-order chi connectivity index (χ1) is 10.8. The van der Waals surface area contributed by atoms with Gasteiger partial charge in [0.25, 0.3) is 0 Å². The SMILES string of the molecule is [15NH2]c1[15n][13cH][15n][13c]2[13c]1[15n][13cH][15n]2[13C@@H]1O[13C@H]([13CH2]OP(=O)([O-])[O-])[13C@H](O)[13CH]1O.[Na+].[Na+]. The third kappa shape index (κ3) is 4.99. The number of phosphoric acid groups is 1. The van der Waals surface area contributed by atoms with Crippen LogP contribution in [-0.2, 0) is 13.8 Å². The molecule has 15 heteroatoms. The summed E-state index contributed by atoms with van der Waals surface area (Å²) >= 11 is 0. The predicted octanol–water partition coefficient (Wildman–Crippen LogP) is -9.12. The summed E-state index contributed by atoms with van der Waals surface area (Å²) in [7, 11) is -5.22. The minimum absolute atomic E-state index is 0. The van der Waals surface area contributed by atoms with Crippen LogP contribution in [0.5, 0.6) is 0 Å². The van der Waals surface area contributed by atoms with Crippen LogP contribution >= 0.6 is 7.82 Å². The van der Waals surface area contributed by atoms with E-state index in [1.54, 1.807) is 0 Å². The first-order valence-electron chi connectivity index (χ1n) is 6.39. The van der Waals surface area contributed by atoms with E-state index in [0.717, 1.165) is 0 Å². The van der Waals surface area contributed by atoms with Crippen molar-refractivity contribution in [3.63, 3.8) is 0 Å². The monoisotopic (exact) mass is 405 g/mol. The quantitative estimate of drug-likeness (QED) is 0.189. The average Bonchev–Trinajstić information content (AvgIpc) is 3.01. The number of anilines is 1. The maximum Gasteiger partial charge on any atom is 1.00 e. The van der Waals surface area contributed by atoms with Crippen molar-refractivity contribution in [2.75, 3.05) is 12.3 Å². The molecule has 25 heavy (non-hydrogen) atoms. The molecule has 4 N–H and O–H groups in total. The van der Waals surface area contributed by atoms with E-state index in [9.17, 15) is 24.6 Å². The Bertz CT molecular complexity index is 773. The molecule has 126 valence electrons. The summed E-state index contributed by atoms with van der Waals surface area (Å²) in [6.45, 7) is -0.719. The van der Waals surface area contributed by atoms with Crippen molar-refractivity contribution in [2.24, 2.45) is 0 Å². The molecule has 1 aliphatic rings. The fourth-order valence-corrected chi connectivity index (χ4v) is 2.65. The number of aliphatic hydroxyl groups excluding tert-OH is 2. The minimum Gasteiger partial charge on any atom is -0.790 e. The topological polar surface area (TPSA) is 192 Å². The standard InChI is InChI=1S/C10H14N5O7P.2Na/c11-8-5-9(13-2-12-8)15(3-14-5)10-7(17)6(16)4(22-10)1-21-23(18,19)20;;/h2-4,6-7,10,16-17H,1H2,(H2,11,12,13)(H2,18,19,20);;/q;2*+1/p-2/t4-,6+,7?,10-;;/m1../s1/i1+1,2+1,3+1,4+1,5+1,6+1,7+1,9+1,10+1,11+1,12+1,13+1,14+1,15+1;;. The first-order valence-corrected chi connectivity index (χ1v) is 7.85. The maximum atomic E-state index is 10.5. The van der Waals surface area contributed by atoms with E-state index >= 15 is 0 Å². The zero-order chi connectivity index (χ0) is 16.8. The van der Waals surface area contributed by atoms with Gasteiger partial charge in [-0.3, -0.25) is 4.57 Å². The molecule has 12 nitrogen and oxygen atoms in total. The molecule has 0 spiro atoms. The summed E-state index contributed by atoms with van der Waals surface area (Å²) in [5.41, 5.74) is 6.19. The summed E-state index contributed by atoms with van der Waals surface area (Å²) in [5, 5.41) is 20.0. The normalized spacial score (nSPS) is 26.2. The number of hydrogen-bond acceptors (Lipinski definition) is 11. The summed E-state index contributed by atoms with van der Waals surface area (Å²) in [5.74, 6) is 0.125. The van der Waals surface area contributed by atoms with Gasteiger partial charge >= 0.3 is 59.1 Å². The van der Waals surface area contributed by atoms with Crippen LogP contribution in [0.2, 0.25) is 0 Å². The number of nitrogen functional groups attached to an aromatic ring is 1. The van der Waals surface area contributed by atoms with Crippen LogP contribution in [0.3, 0.4) is 0 Å². The average molecular weight is 405 g/mol. The number of aliphatic hydroxyl groups is 2. The van der Waals surface area contributed by atoms with E-state index in [1.807, 2.05) is 0 Å². The molecule has 1 aliphatic heterocycles. The van der Waals surface area contributed by atoms with E-state index in [0.29, 0.717) is 0 Å². The Morgan fingerprint density at radius 3 is 2.60 bits per heavy atom. The molecule has 1 saturated heterocycles. The third-order valence-electron chi connectivity index (χ3n) is 3.40. The van der Waals surface area contributed by atoms with E-state index in [2.05, 4.69) is 19.5 Å². The Kier molecular flexibility index (Phi) is 8.44. The van der Waals surface area contributed by atoms with Gasteiger partial charge in [-0.2, -0.15) is 0 Å². The van der Waals surface area contributed by atoms with Gasteiger partial charge in [-0.05, 0) is 0 Å². The van der Waals surface area contributed by atoms with Crippen LogP contribution in [0.1, 0.15) is 6.23 Å². The molecule has 0 saturated carbocycles. The van der Waals surface area contributed by atoms with Gasteiger partial charge in [-0.15, -0.1) is 0 Å². The van der Waals surface area contributed by atoms with Crippen LogP contribution < -0.4 is 74.6 Å². The van der Waals surface area contributed by atoms with Crippen molar-refractivity contribution >= 4 is 24.8 Å². The van der Waals surface area contributed by atoms with Gasteiger partial charge in [0, 0.05) is 0 Å². The number of phosphoric ester groups is 1. The second kappa shape index (κ2) is 9.02. The number of nitrogens with zero attached hydrogens (tertiary/aromatic N) is 4. The molecule has 3 rings (SSSR count). The molecule has 3 heterocycles. The molecule has 2 aromatic heterocycles. The smallest absolute Gasteiger partial charge is 0.790 e. The number of nitrogens with two attached hydrogens (primary N) is 1. The number of rotatable bonds is 4. The number of imidazole rings is 1. The minimum atomic E-state index is -5.22. The van der Waals surface area contributed by atoms with Crippen LogP contribution in [0.15, 0.2) is 12.7 Å². The van der Waals surface area contributed by atoms with Gasteiger partial charge in [0.2, 0.25) is 0 Å². The van der Waals surface area contributed by atoms with Crippen molar-refractivity contribution in [3.8, 4) is 0 Å². The van der Waals surface area contributed by atoms with Gasteiger partial charge in [-0.1, -0.05) is 0 Å². The largest absolute Gasteiger partial charge is 1.00 e. The molecule has 0 bridgehead atoms. The number of fused-ring (bicyclic) bond motifs is 1. The molecular formula is C10H12N5Na2O7P. The summed E-state index contributed by atoms with van der Waals surface area (Å²) in [6.07, 6.45) is -2.75. The van der Waals surface area contributed by atoms with Crippen LogP contribution in [0, 0.1) is 0 Å². The molecule has 0 aromatic carbocycles. The first kappa shape index (κ1) is 23.4. The second-order valence-electron chi connectivity index (χ2n) is 4.87.